The van der Waals surface area contributed by atoms with Crippen molar-refractivity contribution in [3.63, 3.8) is 0 Å². The molecular weight excluding hydrogens is 160 g/mol. The Hall–Kier alpha value is -1.18. The minimum Gasteiger partial charge on any atom is -0.190 e. The summed E-state index contributed by atoms with van der Waals surface area (Å²) < 4.78 is 0. The standard InChI is InChI=1S/C11H10N2/c1-2-4-7-6(3-1)8-5-9-10(7)11(8)13-12-9/h1-4,8-11H,5H2/t8-,9+,10-,11-/m1/s1. The van der Waals surface area contributed by atoms with Crippen molar-refractivity contribution in [2.45, 2.75) is 30.3 Å². The molecule has 0 N–H and O–H groups in total. The molecular formula is C11H10N2. The minimum absolute atomic E-state index is 0.502. The monoisotopic (exact) mass is 170 g/mol. The van der Waals surface area contributed by atoms with Gasteiger partial charge in [0.1, 0.15) is 0 Å². The van der Waals surface area contributed by atoms with Crippen LogP contribution in [0.15, 0.2) is 34.5 Å². The molecule has 4 atom stereocenters. The highest BCUT2D eigenvalue weighted by Gasteiger charge is 2.55. The molecule has 0 aromatic heterocycles. The lowest BCUT2D eigenvalue weighted by Gasteiger charge is -2.19. The van der Waals surface area contributed by atoms with E-state index in [0.717, 1.165) is 0 Å². The fourth-order valence-electron chi connectivity index (χ4n) is 3.31. The predicted molar refractivity (Wildman–Crippen MR) is 49.0 cm³/mol. The van der Waals surface area contributed by atoms with Crippen LogP contribution in [0.4, 0.5) is 0 Å². The smallest absolute Gasteiger partial charge is 0.0867 e. The van der Waals surface area contributed by atoms with Gasteiger partial charge in [0, 0.05) is 11.8 Å². The lowest BCUT2D eigenvalue weighted by molar-refractivity contribution is 0.559. The second-order valence-corrected chi connectivity index (χ2v) is 4.29. The van der Waals surface area contributed by atoms with E-state index < -0.39 is 0 Å². The first kappa shape index (κ1) is 6.30. The molecule has 4 bridgehead atoms. The maximum Gasteiger partial charge on any atom is 0.0867 e. The maximum atomic E-state index is 4.37. The molecule has 13 heavy (non-hydrogen) atoms. The van der Waals surface area contributed by atoms with E-state index in [-0.39, 0.29) is 0 Å². The van der Waals surface area contributed by atoms with Gasteiger partial charge in [-0.1, -0.05) is 24.3 Å². The number of rotatable bonds is 0. The van der Waals surface area contributed by atoms with Crippen molar-refractivity contribution in [2.24, 2.45) is 10.2 Å². The molecule has 1 heterocycles. The van der Waals surface area contributed by atoms with Crippen molar-refractivity contribution in [1.29, 1.82) is 0 Å². The Bertz CT molecular complexity index is 410. The molecule has 2 nitrogen and oxygen atoms in total. The summed E-state index contributed by atoms with van der Waals surface area (Å²) in [4.78, 5) is 0. The van der Waals surface area contributed by atoms with Crippen LogP contribution in [0.1, 0.15) is 29.4 Å². The van der Waals surface area contributed by atoms with E-state index in [1.54, 1.807) is 5.56 Å². The van der Waals surface area contributed by atoms with Gasteiger partial charge in [0.15, 0.2) is 0 Å². The van der Waals surface area contributed by atoms with E-state index in [0.29, 0.717) is 23.9 Å². The van der Waals surface area contributed by atoms with Crippen LogP contribution in [-0.4, -0.2) is 12.1 Å². The Labute approximate surface area is 76.7 Å². The van der Waals surface area contributed by atoms with Gasteiger partial charge in [-0.3, -0.25) is 0 Å². The summed E-state index contributed by atoms with van der Waals surface area (Å²) in [7, 11) is 0. The SMILES string of the molecule is c1ccc2c(c1)[C@H]1[C@@H]3N=N[C@H]1C[C@H]23. The fraction of sp³-hybridized carbons (Fsp3) is 0.455. The molecule has 3 aliphatic rings. The van der Waals surface area contributed by atoms with E-state index >= 15 is 0 Å². The molecule has 0 unspecified atom stereocenters. The summed E-state index contributed by atoms with van der Waals surface area (Å²) in [6, 6.07) is 9.83. The largest absolute Gasteiger partial charge is 0.190 e. The molecule has 1 aromatic carbocycles. The van der Waals surface area contributed by atoms with Crippen LogP contribution in [-0.2, 0) is 0 Å². The van der Waals surface area contributed by atoms with Crippen molar-refractivity contribution in [3.05, 3.63) is 35.4 Å². The van der Waals surface area contributed by atoms with Gasteiger partial charge in [0.25, 0.3) is 0 Å². The van der Waals surface area contributed by atoms with Gasteiger partial charge in [-0.25, -0.2) is 0 Å². The van der Waals surface area contributed by atoms with E-state index in [4.69, 9.17) is 0 Å². The van der Waals surface area contributed by atoms with Crippen LogP contribution >= 0.6 is 0 Å². The molecule has 1 saturated carbocycles. The highest BCUT2D eigenvalue weighted by Crippen LogP contribution is 2.58. The van der Waals surface area contributed by atoms with Crippen molar-refractivity contribution in [3.8, 4) is 0 Å². The van der Waals surface area contributed by atoms with Crippen LogP contribution in [0.25, 0.3) is 0 Å². The lowest BCUT2D eigenvalue weighted by atomic mass is 9.89. The van der Waals surface area contributed by atoms with E-state index in [9.17, 15) is 0 Å². The average Bonchev–Trinajstić information content (AvgIpc) is 2.82. The maximum absolute atomic E-state index is 4.37. The molecule has 1 aromatic rings. The van der Waals surface area contributed by atoms with Gasteiger partial charge in [-0.15, -0.1) is 0 Å². The lowest BCUT2D eigenvalue weighted by Crippen LogP contribution is -2.11. The number of azo groups is 1. The van der Waals surface area contributed by atoms with Crippen molar-refractivity contribution < 1.29 is 0 Å². The quantitative estimate of drug-likeness (QED) is 0.571. The van der Waals surface area contributed by atoms with Crippen LogP contribution in [0.5, 0.6) is 0 Å². The highest BCUT2D eigenvalue weighted by atomic mass is 15.2. The van der Waals surface area contributed by atoms with E-state index in [1.807, 2.05) is 0 Å². The van der Waals surface area contributed by atoms with Crippen molar-refractivity contribution in [2.75, 3.05) is 0 Å². The third kappa shape index (κ3) is 0.559. The van der Waals surface area contributed by atoms with E-state index in [2.05, 4.69) is 34.5 Å². The molecule has 64 valence electrons. The zero-order valence-corrected chi connectivity index (χ0v) is 7.22. The number of hydrogen-bond donors (Lipinski definition) is 0. The van der Waals surface area contributed by atoms with Gasteiger partial charge in [-0.05, 0) is 17.5 Å². The van der Waals surface area contributed by atoms with E-state index in [1.165, 1.54) is 12.0 Å². The fourth-order valence-corrected chi connectivity index (χ4v) is 3.31. The predicted octanol–water partition coefficient (Wildman–Crippen LogP) is 2.47. The summed E-state index contributed by atoms with van der Waals surface area (Å²) in [5.74, 6) is 1.34. The van der Waals surface area contributed by atoms with Crippen molar-refractivity contribution in [1.82, 2.24) is 0 Å². The molecule has 0 spiro atoms. The number of benzene rings is 1. The topological polar surface area (TPSA) is 24.7 Å². The molecule has 0 radical (unpaired) electrons. The number of fused-ring (bicyclic) bond motifs is 2. The number of hydrogen-bond acceptors (Lipinski definition) is 2. The second-order valence-electron chi connectivity index (χ2n) is 4.29. The Morgan fingerprint density at radius 1 is 1.08 bits per heavy atom. The van der Waals surface area contributed by atoms with Gasteiger partial charge in [0.2, 0.25) is 0 Å². The average molecular weight is 170 g/mol. The molecule has 2 heteroatoms. The first-order chi connectivity index (χ1) is 6.45. The molecule has 0 saturated heterocycles. The Morgan fingerprint density at radius 3 is 2.85 bits per heavy atom. The van der Waals surface area contributed by atoms with Crippen LogP contribution < -0.4 is 0 Å². The van der Waals surface area contributed by atoms with Gasteiger partial charge >= 0.3 is 0 Å². The van der Waals surface area contributed by atoms with Crippen LogP contribution in [0.3, 0.4) is 0 Å². The third-order valence-electron chi connectivity index (χ3n) is 3.79. The van der Waals surface area contributed by atoms with Crippen LogP contribution in [0, 0.1) is 0 Å². The summed E-state index contributed by atoms with van der Waals surface area (Å²) in [5.41, 5.74) is 3.08. The summed E-state index contributed by atoms with van der Waals surface area (Å²) in [6.45, 7) is 0. The van der Waals surface area contributed by atoms with Gasteiger partial charge in [0.05, 0.1) is 12.1 Å². The zero-order valence-electron chi connectivity index (χ0n) is 7.22. The van der Waals surface area contributed by atoms with Crippen molar-refractivity contribution >= 4 is 0 Å². The Kier molecular flexibility index (Phi) is 0.891. The Morgan fingerprint density at radius 2 is 1.92 bits per heavy atom. The molecule has 4 rings (SSSR count). The Balaban J connectivity index is 2.01. The first-order valence-corrected chi connectivity index (χ1v) is 4.94. The van der Waals surface area contributed by atoms with Gasteiger partial charge < -0.3 is 0 Å². The number of nitrogens with zero attached hydrogens (tertiary/aromatic N) is 2. The third-order valence-corrected chi connectivity index (χ3v) is 3.79. The second kappa shape index (κ2) is 1.84. The van der Waals surface area contributed by atoms with Crippen LogP contribution in [0.2, 0.25) is 0 Å². The normalized spacial score (nSPS) is 42.8. The molecule has 2 aliphatic carbocycles. The minimum atomic E-state index is 0.502. The summed E-state index contributed by atoms with van der Waals surface area (Å²) in [5, 5.41) is 8.68. The molecule has 0 amide bonds. The zero-order chi connectivity index (χ0) is 8.41. The molecule has 1 fully saturated rings. The summed E-state index contributed by atoms with van der Waals surface area (Å²) in [6.07, 6.45) is 1.25. The van der Waals surface area contributed by atoms with Gasteiger partial charge in [-0.2, -0.15) is 10.2 Å². The highest BCUT2D eigenvalue weighted by molar-refractivity contribution is 5.47. The summed E-state index contributed by atoms with van der Waals surface area (Å²) >= 11 is 0. The first-order valence-electron chi connectivity index (χ1n) is 4.94. The molecule has 1 aliphatic heterocycles.